The van der Waals surface area contributed by atoms with Gasteiger partial charge in [0.05, 0.1) is 6.54 Å². The van der Waals surface area contributed by atoms with Crippen molar-refractivity contribution in [1.29, 1.82) is 0 Å². The van der Waals surface area contributed by atoms with E-state index in [9.17, 15) is 8.78 Å². The molecule has 2 nitrogen and oxygen atoms in total. The number of piperidine rings is 2. The third-order valence-corrected chi connectivity index (χ3v) is 5.05. The van der Waals surface area contributed by atoms with Crippen molar-refractivity contribution >= 4 is 0 Å². The van der Waals surface area contributed by atoms with Crippen molar-refractivity contribution in [2.24, 2.45) is 11.8 Å². The molecule has 2 aliphatic rings. The van der Waals surface area contributed by atoms with E-state index in [1.165, 1.54) is 0 Å². The second kappa shape index (κ2) is 6.69. The van der Waals surface area contributed by atoms with Gasteiger partial charge in [-0.25, -0.2) is 8.78 Å². The predicted molar refractivity (Wildman–Crippen MR) is 79.2 cm³/mol. The van der Waals surface area contributed by atoms with Gasteiger partial charge in [-0.2, -0.15) is 0 Å². The van der Waals surface area contributed by atoms with Crippen LogP contribution < -0.4 is 0 Å². The zero-order valence-corrected chi connectivity index (χ0v) is 13.2. The molecule has 1 unspecified atom stereocenters. The van der Waals surface area contributed by atoms with Crippen LogP contribution in [-0.4, -0.2) is 54.5 Å². The first-order valence-corrected chi connectivity index (χ1v) is 8.26. The number of halogens is 2. The second-order valence-corrected chi connectivity index (χ2v) is 7.01. The molecule has 2 rings (SSSR count). The van der Waals surface area contributed by atoms with Crippen molar-refractivity contribution in [3.8, 4) is 0 Å². The maximum absolute atomic E-state index is 14.3. The van der Waals surface area contributed by atoms with E-state index < -0.39 is 11.8 Å². The fourth-order valence-corrected chi connectivity index (χ4v) is 3.78. The van der Waals surface area contributed by atoms with Crippen LogP contribution in [0.25, 0.3) is 0 Å². The van der Waals surface area contributed by atoms with Crippen molar-refractivity contribution in [2.75, 3.05) is 32.7 Å². The molecular formula is C16H30F2N2. The monoisotopic (exact) mass is 288 g/mol. The molecule has 0 bridgehead atoms. The van der Waals surface area contributed by atoms with Crippen LogP contribution in [0.2, 0.25) is 0 Å². The number of rotatable bonds is 4. The van der Waals surface area contributed by atoms with Gasteiger partial charge >= 0.3 is 0 Å². The summed E-state index contributed by atoms with van der Waals surface area (Å²) in [7, 11) is 0. The van der Waals surface area contributed by atoms with Gasteiger partial charge in [0, 0.05) is 12.0 Å². The molecule has 0 aromatic heterocycles. The maximum atomic E-state index is 14.3. The highest BCUT2D eigenvalue weighted by Crippen LogP contribution is 2.38. The molecule has 2 saturated heterocycles. The lowest BCUT2D eigenvalue weighted by Crippen LogP contribution is -2.54. The van der Waals surface area contributed by atoms with Crippen molar-refractivity contribution < 1.29 is 8.78 Å². The standard InChI is InChI=1S/C16H30F2N2/c1-4-19-8-6-15(7-9-19)20-10-5-14(11-13(2)3)16(17,18)12-20/h13-15H,4-12H2,1-3H3. The van der Waals surface area contributed by atoms with E-state index in [0.29, 0.717) is 24.8 Å². The molecule has 0 amide bonds. The fraction of sp³-hybridized carbons (Fsp3) is 1.00. The third kappa shape index (κ3) is 3.91. The highest BCUT2D eigenvalue weighted by molar-refractivity contribution is 4.91. The number of alkyl halides is 2. The van der Waals surface area contributed by atoms with Crippen LogP contribution in [0.15, 0.2) is 0 Å². The summed E-state index contributed by atoms with van der Waals surface area (Å²) in [6, 6.07) is 0.378. The largest absolute Gasteiger partial charge is 0.303 e. The van der Waals surface area contributed by atoms with Crippen molar-refractivity contribution in [2.45, 2.75) is 58.4 Å². The summed E-state index contributed by atoms with van der Waals surface area (Å²) in [5, 5.41) is 0. The molecule has 0 aliphatic carbocycles. The lowest BCUT2D eigenvalue weighted by atomic mass is 9.84. The topological polar surface area (TPSA) is 6.48 Å². The van der Waals surface area contributed by atoms with E-state index in [1.807, 2.05) is 13.8 Å². The lowest BCUT2D eigenvalue weighted by molar-refractivity contribution is -0.128. The van der Waals surface area contributed by atoms with E-state index in [2.05, 4.69) is 16.7 Å². The zero-order valence-electron chi connectivity index (χ0n) is 13.2. The van der Waals surface area contributed by atoms with Crippen LogP contribution in [0.5, 0.6) is 0 Å². The normalized spacial score (nSPS) is 30.0. The molecule has 0 aromatic carbocycles. The molecule has 0 radical (unpaired) electrons. The number of hydrogen-bond donors (Lipinski definition) is 0. The van der Waals surface area contributed by atoms with Crippen molar-refractivity contribution in [3.63, 3.8) is 0 Å². The second-order valence-electron chi connectivity index (χ2n) is 7.01. The molecule has 4 heteroatoms. The Bertz CT molecular complexity index is 299. The average molecular weight is 288 g/mol. The third-order valence-electron chi connectivity index (χ3n) is 5.05. The quantitative estimate of drug-likeness (QED) is 0.781. The summed E-state index contributed by atoms with van der Waals surface area (Å²) >= 11 is 0. The van der Waals surface area contributed by atoms with Gasteiger partial charge < -0.3 is 4.90 Å². The highest BCUT2D eigenvalue weighted by Gasteiger charge is 2.45. The minimum atomic E-state index is -2.50. The van der Waals surface area contributed by atoms with Crippen molar-refractivity contribution in [3.05, 3.63) is 0 Å². The number of nitrogens with zero attached hydrogens (tertiary/aromatic N) is 2. The van der Waals surface area contributed by atoms with E-state index >= 15 is 0 Å². The number of likely N-dealkylation sites (tertiary alicyclic amines) is 2. The molecule has 2 heterocycles. The maximum Gasteiger partial charge on any atom is 0.263 e. The van der Waals surface area contributed by atoms with Gasteiger partial charge in [-0.3, -0.25) is 4.90 Å². The Morgan fingerprint density at radius 1 is 1.10 bits per heavy atom. The zero-order chi connectivity index (χ0) is 14.8. The van der Waals surface area contributed by atoms with Crippen LogP contribution >= 0.6 is 0 Å². The van der Waals surface area contributed by atoms with Crippen LogP contribution in [0, 0.1) is 11.8 Å². The smallest absolute Gasteiger partial charge is 0.263 e. The molecule has 0 spiro atoms. The highest BCUT2D eigenvalue weighted by atomic mass is 19.3. The van der Waals surface area contributed by atoms with Gasteiger partial charge in [-0.05, 0) is 57.8 Å². The predicted octanol–water partition coefficient (Wildman–Crippen LogP) is 3.47. The lowest BCUT2D eigenvalue weighted by Gasteiger charge is -2.45. The molecule has 0 saturated carbocycles. The molecule has 118 valence electrons. The van der Waals surface area contributed by atoms with Crippen LogP contribution in [-0.2, 0) is 0 Å². The van der Waals surface area contributed by atoms with Gasteiger partial charge in [0.2, 0.25) is 0 Å². The first-order chi connectivity index (χ1) is 9.42. The van der Waals surface area contributed by atoms with Gasteiger partial charge in [0.1, 0.15) is 0 Å². The molecule has 2 aliphatic heterocycles. The van der Waals surface area contributed by atoms with Crippen LogP contribution in [0.1, 0.15) is 46.5 Å². The first-order valence-electron chi connectivity index (χ1n) is 8.26. The Balaban J connectivity index is 1.87. The first kappa shape index (κ1) is 16.2. The van der Waals surface area contributed by atoms with E-state index in [0.717, 1.165) is 39.0 Å². The molecule has 2 fully saturated rings. The SMILES string of the molecule is CCN1CCC(N2CCC(CC(C)C)C(F)(F)C2)CC1. The van der Waals surface area contributed by atoms with Crippen LogP contribution in [0.3, 0.4) is 0 Å². The summed E-state index contributed by atoms with van der Waals surface area (Å²) in [5.74, 6) is -2.54. The molecule has 1 atom stereocenters. The minimum absolute atomic E-state index is 0.0127. The fourth-order valence-electron chi connectivity index (χ4n) is 3.78. The molecular weight excluding hydrogens is 258 g/mol. The van der Waals surface area contributed by atoms with Gasteiger partial charge in [0.15, 0.2) is 0 Å². The average Bonchev–Trinajstić information content (AvgIpc) is 2.40. The van der Waals surface area contributed by atoms with E-state index in [4.69, 9.17) is 0 Å². The Morgan fingerprint density at radius 3 is 2.25 bits per heavy atom. The van der Waals surface area contributed by atoms with Gasteiger partial charge in [-0.1, -0.05) is 20.8 Å². The van der Waals surface area contributed by atoms with E-state index in [1.54, 1.807) is 0 Å². The van der Waals surface area contributed by atoms with Gasteiger partial charge in [-0.15, -0.1) is 0 Å². The summed E-state index contributed by atoms with van der Waals surface area (Å²) in [6.45, 7) is 10.3. The molecule has 0 N–H and O–H groups in total. The minimum Gasteiger partial charge on any atom is -0.303 e. The Labute approximate surface area is 122 Å². The molecule has 20 heavy (non-hydrogen) atoms. The molecule has 0 aromatic rings. The number of hydrogen-bond acceptors (Lipinski definition) is 2. The van der Waals surface area contributed by atoms with Crippen LogP contribution in [0.4, 0.5) is 8.78 Å². The Morgan fingerprint density at radius 2 is 1.75 bits per heavy atom. The summed E-state index contributed by atoms with van der Waals surface area (Å²) in [6.07, 6.45) is 3.44. The van der Waals surface area contributed by atoms with Gasteiger partial charge in [0.25, 0.3) is 5.92 Å². The van der Waals surface area contributed by atoms with Crippen molar-refractivity contribution in [1.82, 2.24) is 9.80 Å². The summed E-state index contributed by atoms with van der Waals surface area (Å²) in [4.78, 5) is 4.49. The summed E-state index contributed by atoms with van der Waals surface area (Å²) in [5.41, 5.74) is 0. The Kier molecular flexibility index (Phi) is 5.41. The Hall–Kier alpha value is -0.220. The van der Waals surface area contributed by atoms with E-state index in [-0.39, 0.29) is 6.54 Å². The summed E-state index contributed by atoms with van der Waals surface area (Å²) < 4.78 is 28.7.